The lowest BCUT2D eigenvalue weighted by Gasteiger charge is -2.40. The SMILES string of the molecule is CCN1CCN([C@H](c2cccc(F)c2)c2c(NC(=O)c3ccco3)sc3c2CCCC3)CC1. The van der Waals surface area contributed by atoms with Crippen LogP contribution in [0.15, 0.2) is 47.1 Å². The smallest absolute Gasteiger partial charge is 0.291 e. The van der Waals surface area contributed by atoms with Crippen LogP contribution in [-0.4, -0.2) is 48.4 Å². The molecule has 0 saturated carbocycles. The Balaban J connectivity index is 1.59. The van der Waals surface area contributed by atoms with Gasteiger partial charge in [-0.1, -0.05) is 19.1 Å². The maximum Gasteiger partial charge on any atom is 0.291 e. The van der Waals surface area contributed by atoms with E-state index in [1.807, 2.05) is 6.07 Å². The van der Waals surface area contributed by atoms with Crippen molar-refractivity contribution < 1.29 is 13.6 Å². The zero-order chi connectivity index (χ0) is 22.8. The van der Waals surface area contributed by atoms with Gasteiger partial charge in [0, 0.05) is 36.6 Å². The van der Waals surface area contributed by atoms with Crippen LogP contribution in [0.1, 0.15) is 57.9 Å². The molecule has 5 rings (SSSR count). The van der Waals surface area contributed by atoms with Crippen LogP contribution in [0.4, 0.5) is 9.39 Å². The molecule has 3 aromatic rings. The Labute approximate surface area is 198 Å². The first-order valence-electron chi connectivity index (χ1n) is 11.8. The number of halogens is 1. The molecule has 2 aromatic heterocycles. The monoisotopic (exact) mass is 467 g/mol. The minimum atomic E-state index is -0.242. The normalized spacial score (nSPS) is 18.1. The van der Waals surface area contributed by atoms with Gasteiger partial charge in [0.2, 0.25) is 0 Å². The molecular formula is C26H30FN3O2S. The van der Waals surface area contributed by atoms with Crippen molar-refractivity contribution >= 4 is 22.2 Å². The highest BCUT2D eigenvalue weighted by atomic mass is 32.1. The molecule has 174 valence electrons. The largest absolute Gasteiger partial charge is 0.459 e. The second-order valence-corrected chi connectivity index (χ2v) is 9.92. The number of thiophene rings is 1. The average molecular weight is 468 g/mol. The van der Waals surface area contributed by atoms with Gasteiger partial charge in [-0.3, -0.25) is 9.69 Å². The number of carbonyl (C=O) groups excluding carboxylic acids is 1. The van der Waals surface area contributed by atoms with Gasteiger partial charge in [0.15, 0.2) is 5.76 Å². The third-order valence-electron chi connectivity index (χ3n) is 6.84. The number of carbonyl (C=O) groups is 1. The molecule has 1 saturated heterocycles. The first kappa shape index (κ1) is 22.3. The summed E-state index contributed by atoms with van der Waals surface area (Å²) in [7, 11) is 0. The van der Waals surface area contributed by atoms with Crippen LogP contribution in [0.25, 0.3) is 0 Å². The van der Waals surface area contributed by atoms with Crippen LogP contribution in [0.3, 0.4) is 0 Å². The van der Waals surface area contributed by atoms with Crippen molar-refractivity contribution in [3.63, 3.8) is 0 Å². The molecule has 33 heavy (non-hydrogen) atoms. The molecule has 0 unspecified atom stereocenters. The molecule has 2 aliphatic rings. The summed E-state index contributed by atoms with van der Waals surface area (Å²) in [5.41, 5.74) is 3.43. The third kappa shape index (κ3) is 4.63. The van der Waals surface area contributed by atoms with Gasteiger partial charge >= 0.3 is 0 Å². The number of fused-ring (bicyclic) bond motifs is 1. The molecule has 1 aromatic carbocycles. The molecule has 1 aliphatic carbocycles. The molecule has 0 spiro atoms. The highest BCUT2D eigenvalue weighted by Crippen LogP contribution is 2.45. The summed E-state index contributed by atoms with van der Waals surface area (Å²) in [6.07, 6.45) is 5.85. The van der Waals surface area contributed by atoms with Gasteiger partial charge in [0.25, 0.3) is 5.91 Å². The lowest BCUT2D eigenvalue weighted by molar-refractivity contribution is 0.0995. The number of hydrogen-bond donors (Lipinski definition) is 1. The molecule has 7 heteroatoms. The van der Waals surface area contributed by atoms with Gasteiger partial charge in [-0.2, -0.15) is 0 Å². The summed E-state index contributed by atoms with van der Waals surface area (Å²) in [4.78, 5) is 19.2. The number of aryl methyl sites for hydroxylation is 1. The zero-order valence-corrected chi connectivity index (χ0v) is 19.8. The fourth-order valence-corrected chi connectivity index (χ4v) is 6.44. The minimum Gasteiger partial charge on any atom is -0.459 e. The molecule has 1 amide bonds. The molecule has 1 fully saturated rings. The number of nitrogens with zero attached hydrogens (tertiary/aromatic N) is 2. The summed E-state index contributed by atoms with van der Waals surface area (Å²) >= 11 is 1.68. The van der Waals surface area contributed by atoms with Crippen LogP contribution >= 0.6 is 11.3 Å². The second kappa shape index (κ2) is 9.79. The summed E-state index contributed by atoms with van der Waals surface area (Å²) in [5.74, 6) is -0.171. The fraction of sp³-hybridized carbons (Fsp3) is 0.423. The fourth-order valence-electron chi connectivity index (χ4n) is 5.12. The Bertz CT molecular complexity index is 1100. The highest BCUT2D eigenvalue weighted by molar-refractivity contribution is 7.16. The quantitative estimate of drug-likeness (QED) is 0.532. The predicted octanol–water partition coefficient (Wildman–Crippen LogP) is 5.34. The molecular weight excluding hydrogens is 437 g/mol. The van der Waals surface area contributed by atoms with Crippen molar-refractivity contribution in [2.24, 2.45) is 0 Å². The molecule has 1 aliphatic heterocycles. The van der Waals surface area contributed by atoms with Crippen molar-refractivity contribution in [1.29, 1.82) is 0 Å². The molecule has 0 bridgehead atoms. The summed E-state index contributed by atoms with van der Waals surface area (Å²) in [6, 6.07) is 10.3. The van der Waals surface area contributed by atoms with Gasteiger partial charge in [-0.15, -0.1) is 11.3 Å². The Morgan fingerprint density at radius 3 is 2.70 bits per heavy atom. The second-order valence-electron chi connectivity index (χ2n) is 8.81. The van der Waals surface area contributed by atoms with Crippen LogP contribution < -0.4 is 5.32 Å². The maximum absolute atomic E-state index is 14.4. The summed E-state index contributed by atoms with van der Waals surface area (Å²) in [5, 5.41) is 4.02. The lowest BCUT2D eigenvalue weighted by Crippen LogP contribution is -2.47. The zero-order valence-electron chi connectivity index (χ0n) is 19.0. The van der Waals surface area contributed by atoms with Crippen molar-refractivity contribution in [2.75, 3.05) is 38.0 Å². The maximum atomic E-state index is 14.4. The first-order valence-corrected chi connectivity index (χ1v) is 12.7. The predicted molar refractivity (Wildman–Crippen MR) is 130 cm³/mol. The van der Waals surface area contributed by atoms with Crippen LogP contribution in [-0.2, 0) is 12.8 Å². The molecule has 5 nitrogen and oxygen atoms in total. The Kier molecular flexibility index (Phi) is 6.62. The van der Waals surface area contributed by atoms with Crippen molar-refractivity contribution in [3.05, 3.63) is 75.8 Å². The lowest BCUT2D eigenvalue weighted by atomic mass is 9.88. The first-order chi connectivity index (χ1) is 16.1. The van der Waals surface area contributed by atoms with Gasteiger partial charge in [-0.25, -0.2) is 4.39 Å². The van der Waals surface area contributed by atoms with E-state index in [1.165, 1.54) is 29.2 Å². The van der Waals surface area contributed by atoms with E-state index in [1.54, 1.807) is 35.6 Å². The van der Waals surface area contributed by atoms with Gasteiger partial charge in [0.05, 0.1) is 12.3 Å². The van der Waals surface area contributed by atoms with Crippen molar-refractivity contribution in [1.82, 2.24) is 9.80 Å². The number of benzene rings is 1. The van der Waals surface area contributed by atoms with E-state index < -0.39 is 0 Å². The number of anilines is 1. The summed E-state index contributed by atoms with van der Waals surface area (Å²) < 4.78 is 19.7. The number of nitrogens with one attached hydrogen (secondary N) is 1. The highest BCUT2D eigenvalue weighted by Gasteiger charge is 2.34. The number of amides is 1. The van der Waals surface area contributed by atoms with Gasteiger partial charge in [0.1, 0.15) is 10.8 Å². The van der Waals surface area contributed by atoms with Gasteiger partial charge in [-0.05, 0) is 67.6 Å². The molecule has 3 heterocycles. The topological polar surface area (TPSA) is 48.7 Å². The number of likely N-dealkylation sites (N-methyl/N-ethyl adjacent to an activating group) is 1. The standard InChI is InChI=1S/C26H30FN3O2S/c1-2-29-12-14-30(15-13-29)24(18-7-5-8-19(27)17-18)23-20-9-3-4-11-22(20)33-26(23)28-25(31)21-10-6-16-32-21/h5-8,10,16-17,24H,2-4,9,11-15H2,1H3,(H,28,31)/t24-/m1/s1. The van der Waals surface area contributed by atoms with E-state index in [9.17, 15) is 9.18 Å². The van der Waals surface area contributed by atoms with Crippen LogP contribution in [0, 0.1) is 5.82 Å². The van der Waals surface area contributed by atoms with E-state index in [4.69, 9.17) is 4.42 Å². The Morgan fingerprint density at radius 1 is 1.15 bits per heavy atom. The Morgan fingerprint density at radius 2 is 1.97 bits per heavy atom. The summed E-state index contributed by atoms with van der Waals surface area (Å²) in [6.45, 7) is 7.02. The number of furan rings is 1. The molecule has 1 atom stereocenters. The number of hydrogen-bond acceptors (Lipinski definition) is 5. The van der Waals surface area contributed by atoms with Crippen molar-refractivity contribution in [2.45, 2.75) is 38.6 Å². The van der Waals surface area contributed by atoms with E-state index >= 15 is 0 Å². The third-order valence-corrected chi connectivity index (χ3v) is 8.06. The number of piperazine rings is 1. The minimum absolute atomic E-state index is 0.0929. The van der Waals surface area contributed by atoms with E-state index in [-0.39, 0.29) is 17.8 Å². The van der Waals surface area contributed by atoms with Crippen LogP contribution in [0.5, 0.6) is 0 Å². The van der Waals surface area contributed by atoms with E-state index in [2.05, 4.69) is 22.0 Å². The van der Waals surface area contributed by atoms with Crippen LogP contribution in [0.2, 0.25) is 0 Å². The average Bonchev–Trinajstić information content (AvgIpc) is 3.49. The molecule has 0 radical (unpaired) electrons. The Hall–Kier alpha value is -2.48. The van der Waals surface area contributed by atoms with Gasteiger partial charge < -0.3 is 14.6 Å². The van der Waals surface area contributed by atoms with E-state index in [0.29, 0.717) is 5.76 Å². The number of rotatable bonds is 6. The van der Waals surface area contributed by atoms with E-state index in [0.717, 1.165) is 68.1 Å². The molecule has 1 N–H and O–H groups in total. The van der Waals surface area contributed by atoms with Crippen molar-refractivity contribution in [3.8, 4) is 0 Å².